The molecule has 2 rings (SSSR count). The standard InChI is InChI=1S/C20H33N3O2S/c1-2-21-20(22-11-6-13-24-16-18-10-14-25-17-18)23-12-7-15-26-19-8-4-3-5-9-19/h3-5,8-9,18H,2,6-7,10-17H2,1H3,(H2,21,22,23). The van der Waals surface area contributed by atoms with Crippen molar-refractivity contribution in [2.24, 2.45) is 10.9 Å². The summed E-state index contributed by atoms with van der Waals surface area (Å²) in [6, 6.07) is 10.5. The van der Waals surface area contributed by atoms with Crippen molar-refractivity contribution in [1.82, 2.24) is 10.6 Å². The lowest BCUT2D eigenvalue weighted by atomic mass is 10.1. The normalized spacial score (nSPS) is 17.4. The van der Waals surface area contributed by atoms with E-state index in [2.05, 4.69) is 52.9 Å². The Morgan fingerprint density at radius 3 is 2.92 bits per heavy atom. The fraction of sp³-hybridized carbons (Fsp3) is 0.650. The molecule has 1 aliphatic heterocycles. The molecule has 1 saturated heterocycles. The van der Waals surface area contributed by atoms with E-state index in [1.165, 1.54) is 4.90 Å². The summed E-state index contributed by atoms with van der Waals surface area (Å²) in [4.78, 5) is 5.97. The van der Waals surface area contributed by atoms with E-state index in [9.17, 15) is 0 Å². The highest BCUT2D eigenvalue weighted by Gasteiger charge is 2.15. The summed E-state index contributed by atoms with van der Waals surface area (Å²) in [5.74, 6) is 2.59. The van der Waals surface area contributed by atoms with Crippen LogP contribution in [0.5, 0.6) is 0 Å². The second-order valence-electron chi connectivity index (χ2n) is 6.36. The number of thioether (sulfide) groups is 1. The van der Waals surface area contributed by atoms with Gasteiger partial charge in [0, 0.05) is 43.7 Å². The topological polar surface area (TPSA) is 54.9 Å². The van der Waals surface area contributed by atoms with Crippen molar-refractivity contribution < 1.29 is 9.47 Å². The summed E-state index contributed by atoms with van der Waals surface area (Å²) >= 11 is 1.89. The number of hydrogen-bond donors (Lipinski definition) is 2. The van der Waals surface area contributed by atoms with Crippen molar-refractivity contribution in [1.29, 1.82) is 0 Å². The lowest BCUT2D eigenvalue weighted by Crippen LogP contribution is -2.38. The molecule has 2 N–H and O–H groups in total. The Morgan fingerprint density at radius 2 is 2.15 bits per heavy atom. The quantitative estimate of drug-likeness (QED) is 0.253. The van der Waals surface area contributed by atoms with Crippen molar-refractivity contribution >= 4 is 17.7 Å². The predicted octanol–water partition coefficient (Wildman–Crippen LogP) is 3.17. The first-order chi connectivity index (χ1) is 12.9. The van der Waals surface area contributed by atoms with E-state index in [4.69, 9.17) is 9.47 Å². The van der Waals surface area contributed by atoms with E-state index >= 15 is 0 Å². The summed E-state index contributed by atoms with van der Waals surface area (Å²) in [6.07, 6.45) is 3.20. The third-order valence-electron chi connectivity index (χ3n) is 4.06. The fourth-order valence-corrected chi connectivity index (χ4v) is 3.51. The predicted molar refractivity (Wildman–Crippen MR) is 110 cm³/mol. The molecule has 1 aromatic carbocycles. The summed E-state index contributed by atoms with van der Waals surface area (Å²) < 4.78 is 11.1. The van der Waals surface area contributed by atoms with Gasteiger partial charge in [-0.15, -0.1) is 11.8 Å². The Bertz CT molecular complexity index is 493. The van der Waals surface area contributed by atoms with Crippen molar-refractivity contribution in [2.45, 2.75) is 31.1 Å². The zero-order valence-electron chi connectivity index (χ0n) is 15.9. The molecule has 0 saturated carbocycles. The molecule has 0 aromatic heterocycles. The second kappa shape index (κ2) is 13.9. The van der Waals surface area contributed by atoms with Gasteiger partial charge in [-0.3, -0.25) is 4.99 Å². The molecular weight excluding hydrogens is 346 g/mol. The molecular formula is C20H33N3O2S. The molecule has 146 valence electrons. The van der Waals surface area contributed by atoms with E-state index in [0.29, 0.717) is 5.92 Å². The molecule has 5 nitrogen and oxygen atoms in total. The zero-order chi connectivity index (χ0) is 18.3. The first-order valence-electron chi connectivity index (χ1n) is 9.74. The van der Waals surface area contributed by atoms with E-state index in [0.717, 1.165) is 77.0 Å². The van der Waals surface area contributed by atoms with Gasteiger partial charge in [0.2, 0.25) is 0 Å². The molecule has 1 aliphatic rings. The fourth-order valence-electron chi connectivity index (χ4n) is 2.65. The highest BCUT2D eigenvalue weighted by atomic mass is 32.2. The molecule has 0 amide bonds. The molecule has 0 spiro atoms. The van der Waals surface area contributed by atoms with Crippen molar-refractivity contribution in [3.05, 3.63) is 30.3 Å². The Morgan fingerprint density at radius 1 is 1.27 bits per heavy atom. The Kier molecular flexibility index (Phi) is 11.3. The van der Waals surface area contributed by atoms with Crippen molar-refractivity contribution in [2.75, 3.05) is 51.8 Å². The molecule has 1 unspecified atom stereocenters. The van der Waals surface area contributed by atoms with Gasteiger partial charge in [0.05, 0.1) is 13.2 Å². The SMILES string of the molecule is CCNC(=NCCCSc1ccccc1)NCCCOCC1CCOC1. The highest BCUT2D eigenvalue weighted by molar-refractivity contribution is 7.99. The maximum Gasteiger partial charge on any atom is 0.191 e. The zero-order valence-corrected chi connectivity index (χ0v) is 16.7. The van der Waals surface area contributed by atoms with Crippen LogP contribution in [0.25, 0.3) is 0 Å². The first-order valence-corrected chi connectivity index (χ1v) is 10.7. The van der Waals surface area contributed by atoms with Crippen LogP contribution in [0.4, 0.5) is 0 Å². The Hall–Kier alpha value is -1.24. The molecule has 0 bridgehead atoms. The second-order valence-corrected chi connectivity index (χ2v) is 7.53. The summed E-state index contributed by atoms with van der Waals surface area (Å²) in [7, 11) is 0. The first kappa shape index (κ1) is 21.1. The third-order valence-corrected chi connectivity index (χ3v) is 5.16. The molecule has 26 heavy (non-hydrogen) atoms. The lowest BCUT2D eigenvalue weighted by molar-refractivity contribution is 0.0888. The highest BCUT2D eigenvalue weighted by Crippen LogP contribution is 2.17. The molecule has 0 aliphatic carbocycles. The smallest absolute Gasteiger partial charge is 0.191 e. The summed E-state index contributed by atoms with van der Waals surface area (Å²) in [6.45, 7) is 8.06. The number of hydrogen-bond acceptors (Lipinski definition) is 4. The Labute approximate surface area is 162 Å². The van der Waals surface area contributed by atoms with Gasteiger partial charge in [-0.25, -0.2) is 0 Å². The van der Waals surface area contributed by atoms with Crippen LogP contribution < -0.4 is 10.6 Å². The largest absolute Gasteiger partial charge is 0.381 e. The van der Waals surface area contributed by atoms with Crippen LogP contribution in [0.1, 0.15) is 26.2 Å². The minimum Gasteiger partial charge on any atom is -0.381 e. The summed E-state index contributed by atoms with van der Waals surface area (Å²) in [5, 5.41) is 6.69. The number of nitrogens with one attached hydrogen (secondary N) is 2. The average Bonchev–Trinajstić information content (AvgIpc) is 3.18. The van der Waals surface area contributed by atoms with Crippen molar-refractivity contribution in [3.63, 3.8) is 0 Å². The summed E-state index contributed by atoms with van der Waals surface area (Å²) in [5.41, 5.74) is 0. The number of rotatable bonds is 12. The average molecular weight is 380 g/mol. The van der Waals surface area contributed by atoms with Crippen LogP contribution in [0.15, 0.2) is 40.2 Å². The van der Waals surface area contributed by atoms with Crippen LogP contribution in [0.2, 0.25) is 0 Å². The minimum absolute atomic E-state index is 0.593. The van der Waals surface area contributed by atoms with Gasteiger partial charge >= 0.3 is 0 Å². The van der Waals surface area contributed by atoms with Crippen LogP contribution >= 0.6 is 11.8 Å². The Balaban J connectivity index is 1.51. The number of guanidine groups is 1. The number of ether oxygens (including phenoxy) is 2. The number of benzene rings is 1. The molecule has 1 fully saturated rings. The van der Waals surface area contributed by atoms with Crippen LogP contribution in [0, 0.1) is 5.92 Å². The maximum absolute atomic E-state index is 5.73. The van der Waals surface area contributed by atoms with Crippen molar-refractivity contribution in [3.8, 4) is 0 Å². The van der Waals surface area contributed by atoms with Crippen LogP contribution in [-0.2, 0) is 9.47 Å². The lowest BCUT2D eigenvalue weighted by Gasteiger charge is -2.12. The number of nitrogens with zero attached hydrogens (tertiary/aromatic N) is 1. The van der Waals surface area contributed by atoms with E-state index in [-0.39, 0.29) is 0 Å². The molecule has 0 radical (unpaired) electrons. The van der Waals surface area contributed by atoms with E-state index in [1.54, 1.807) is 0 Å². The molecule has 1 aromatic rings. The van der Waals surface area contributed by atoms with Gasteiger partial charge in [-0.1, -0.05) is 18.2 Å². The van der Waals surface area contributed by atoms with E-state index < -0.39 is 0 Å². The maximum atomic E-state index is 5.73. The van der Waals surface area contributed by atoms with Gasteiger partial charge in [0.25, 0.3) is 0 Å². The van der Waals surface area contributed by atoms with E-state index in [1.807, 2.05) is 11.8 Å². The minimum atomic E-state index is 0.593. The van der Waals surface area contributed by atoms with Gasteiger partial charge < -0.3 is 20.1 Å². The van der Waals surface area contributed by atoms with Crippen LogP contribution in [0.3, 0.4) is 0 Å². The van der Waals surface area contributed by atoms with Gasteiger partial charge in [-0.2, -0.15) is 0 Å². The van der Waals surface area contributed by atoms with Gasteiger partial charge in [-0.05, 0) is 44.1 Å². The monoisotopic (exact) mass is 379 g/mol. The number of aliphatic imine (C=N–C) groups is 1. The van der Waals surface area contributed by atoms with Gasteiger partial charge in [0.15, 0.2) is 5.96 Å². The van der Waals surface area contributed by atoms with Gasteiger partial charge in [0.1, 0.15) is 0 Å². The van der Waals surface area contributed by atoms with Crippen LogP contribution in [-0.4, -0.2) is 57.8 Å². The third kappa shape index (κ3) is 9.46. The molecule has 1 heterocycles. The molecule has 6 heteroatoms. The molecule has 1 atom stereocenters.